The highest BCUT2D eigenvalue weighted by atomic mass is 32.1. The third-order valence-corrected chi connectivity index (χ3v) is 3.46. The number of carboxylic acids is 1. The molecule has 5 heteroatoms. The van der Waals surface area contributed by atoms with Crippen LogP contribution in [0, 0.1) is 6.92 Å². The molecule has 0 fully saturated rings. The summed E-state index contributed by atoms with van der Waals surface area (Å²) in [5.74, 6) is -0.761. The van der Waals surface area contributed by atoms with E-state index < -0.39 is 12.0 Å². The average Bonchev–Trinajstić information content (AvgIpc) is 2.63. The molecule has 1 unspecified atom stereocenters. The van der Waals surface area contributed by atoms with Crippen molar-refractivity contribution in [1.29, 1.82) is 0 Å². The monoisotopic (exact) mass is 242 g/mol. The molecule has 1 rings (SSSR count). The molecule has 0 radical (unpaired) electrons. The number of hydrogen-bond acceptors (Lipinski definition) is 4. The van der Waals surface area contributed by atoms with E-state index in [1.165, 1.54) is 4.88 Å². The first-order valence-electron chi connectivity index (χ1n) is 5.50. The second kappa shape index (κ2) is 6.60. The number of nitrogens with one attached hydrogen (secondary N) is 1. The van der Waals surface area contributed by atoms with Crippen molar-refractivity contribution >= 4 is 17.3 Å². The van der Waals surface area contributed by atoms with Crippen LogP contribution in [0.1, 0.15) is 30.3 Å². The number of carbonyl (C=O) groups is 1. The summed E-state index contributed by atoms with van der Waals surface area (Å²) in [6, 6.07) is -0.418. The molecule has 0 spiro atoms. The summed E-state index contributed by atoms with van der Waals surface area (Å²) in [6.45, 7) is 4.66. The van der Waals surface area contributed by atoms with Crippen LogP contribution >= 0.6 is 11.3 Å². The van der Waals surface area contributed by atoms with E-state index in [9.17, 15) is 4.79 Å². The third-order valence-electron chi connectivity index (χ3n) is 2.46. The van der Waals surface area contributed by atoms with E-state index in [0.717, 1.165) is 18.5 Å². The van der Waals surface area contributed by atoms with Gasteiger partial charge < -0.3 is 10.4 Å². The predicted molar refractivity (Wildman–Crippen MR) is 64.9 cm³/mol. The largest absolute Gasteiger partial charge is 0.480 e. The molecule has 0 amide bonds. The summed E-state index contributed by atoms with van der Waals surface area (Å²) in [4.78, 5) is 16.3. The highest BCUT2D eigenvalue weighted by molar-refractivity contribution is 7.09. The van der Waals surface area contributed by atoms with Crippen molar-refractivity contribution in [3.63, 3.8) is 0 Å². The Labute approximate surface area is 99.7 Å². The van der Waals surface area contributed by atoms with Gasteiger partial charge in [-0.2, -0.15) is 0 Å². The Balaban J connectivity index is 2.33. The first kappa shape index (κ1) is 13.1. The summed E-state index contributed by atoms with van der Waals surface area (Å²) < 4.78 is 0. The number of nitrogens with zero attached hydrogens (tertiary/aromatic N) is 1. The molecule has 0 aliphatic heterocycles. The summed E-state index contributed by atoms with van der Waals surface area (Å²) in [5, 5.41) is 12.0. The second-order valence-electron chi connectivity index (χ2n) is 3.74. The zero-order valence-electron chi connectivity index (χ0n) is 9.69. The molecule has 0 saturated heterocycles. The summed E-state index contributed by atoms with van der Waals surface area (Å²) in [7, 11) is 0. The molecule has 1 aromatic rings. The number of hydrogen-bond donors (Lipinski definition) is 2. The van der Waals surface area contributed by atoms with E-state index in [1.807, 2.05) is 19.4 Å². The van der Waals surface area contributed by atoms with E-state index in [2.05, 4.69) is 10.3 Å². The molecule has 1 heterocycles. The first-order chi connectivity index (χ1) is 7.65. The number of rotatable bonds is 7. The molecule has 0 bridgehead atoms. The molecular weight excluding hydrogens is 224 g/mol. The SMILES string of the molecule is CCCC(NCCc1scnc1C)C(=O)O. The van der Waals surface area contributed by atoms with Gasteiger partial charge in [0.05, 0.1) is 11.2 Å². The van der Waals surface area contributed by atoms with Gasteiger partial charge in [-0.3, -0.25) is 4.79 Å². The van der Waals surface area contributed by atoms with Crippen molar-refractivity contribution in [2.24, 2.45) is 0 Å². The Kier molecular flexibility index (Phi) is 5.42. The number of aliphatic carboxylic acids is 1. The van der Waals surface area contributed by atoms with Crippen molar-refractivity contribution in [3.05, 3.63) is 16.1 Å². The average molecular weight is 242 g/mol. The maximum absolute atomic E-state index is 10.9. The fourth-order valence-electron chi connectivity index (χ4n) is 1.53. The lowest BCUT2D eigenvalue weighted by atomic mass is 10.1. The predicted octanol–water partition coefficient (Wildman–Crippen LogP) is 1.84. The van der Waals surface area contributed by atoms with E-state index >= 15 is 0 Å². The lowest BCUT2D eigenvalue weighted by Gasteiger charge is -2.12. The highest BCUT2D eigenvalue weighted by Crippen LogP contribution is 2.12. The standard InChI is InChI=1S/C11H18N2O2S/c1-3-4-9(11(14)15)12-6-5-10-8(2)13-7-16-10/h7,9,12H,3-6H2,1-2H3,(H,14,15). The fraction of sp³-hybridized carbons (Fsp3) is 0.636. The number of thiazole rings is 1. The molecule has 4 nitrogen and oxygen atoms in total. The first-order valence-corrected chi connectivity index (χ1v) is 6.38. The van der Waals surface area contributed by atoms with Gasteiger partial charge in [0, 0.05) is 11.4 Å². The Hall–Kier alpha value is -0.940. The van der Waals surface area contributed by atoms with E-state index in [4.69, 9.17) is 5.11 Å². The van der Waals surface area contributed by atoms with Crippen LogP contribution in [0.25, 0.3) is 0 Å². The van der Waals surface area contributed by atoms with Crippen molar-refractivity contribution in [2.45, 2.75) is 39.2 Å². The number of carboxylic acid groups (broad SMARTS) is 1. The van der Waals surface area contributed by atoms with Gasteiger partial charge in [0.1, 0.15) is 6.04 Å². The molecule has 0 aliphatic rings. The minimum atomic E-state index is -0.761. The molecule has 0 saturated carbocycles. The van der Waals surface area contributed by atoms with Crippen LogP contribution in [0.15, 0.2) is 5.51 Å². The Bertz CT molecular complexity index is 338. The third kappa shape index (κ3) is 3.90. The van der Waals surface area contributed by atoms with Crippen LogP contribution in [0.3, 0.4) is 0 Å². The molecule has 16 heavy (non-hydrogen) atoms. The number of aromatic nitrogens is 1. The van der Waals surface area contributed by atoms with Crippen molar-refractivity contribution in [1.82, 2.24) is 10.3 Å². The van der Waals surface area contributed by atoms with Gasteiger partial charge >= 0.3 is 5.97 Å². The van der Waals surface area contributed by atoms with Crippen molar-refractivity contribution < 1.29 is 9.90 Å². The lowest BCUT2D eigenvalue weighted by Crippen LogP contribution is -2.37. The lowest BCUT2D eigenvalue weighted by molar-refractivity contribution is -0.139. The van der Waals surface area contributed by atoms with Gasteiger partial charge in [0.25, 0.3) is 0 Å². The second-order valence-corrected chi connectivity index (χ2v) is 4.68. The van der Waals surface area contributed by atoms with Gasteiger partial charge in [0.15, 0.2) is 0 Å². The summed E-state index contributed by atoms with van der Waals surface area (Å²) in [6.07, 6.45) is 2.41. The van der Waals surface area contributed by atoms with Gasteiger partial charge in [-0.15, -0.1) is 11.3 Å². The molecule has 90 valence electrons. The van der Waals surface area contributed by atoms with Crippen LogP contribution in [-0.4, -0.2) is 28.6 Å². The normalized spacial score (nSPS) is 12.6. The Morgan fingerprint density at radius 2 is 2.44 bits per heavy atom. The van der Waals surface area contributed by atoms with Crippen LogP contribution in [-0.2, 0) is 11.2 Å². The molecule has 0 aromatic carbocycles. The minimum absolute atomic E-state index is 0.418. The van der Waals surface area contributed by atoms with Gasteiger partial charge in [-0.05, 0) is 19.8 Å². The molecule has 1 aromatic heterocycles. The maximum atomic E-state index is 10.9. The summed E-state index contributed by atoms with van der Waals surface area (Å²) in [5.41, 5.74) is 2.87. The van der Waals surface area contributed by atoms with Gasteiger partial charge in [-0.1, -0.05) is 13.3 Å². The molecule has 2 N–H and O–H groups in total. The molecule has 0 aliphatic carbocycles. The molecular formula is C11H18N2O2S. The van der Waals surface area contributed by atoms with Crippen LogP contribution < -0.4 is 5.32 Å². The van der Waals surface area contributed by atoms with Crippen molar-refractivity contribution in [3.8, 4) is 0 Å². The number of aryl methyl sites for hydroxylation is 1. The van der Waals surface area contributed by atoms with Crippen LogP contribution in [0.4, 0.5) is 0 Å². The van der Waals surface area contributed by atoms with E-state index in [1.54, 1.807) is 11.3 Å². The Morgan fingerprint density at radius 3 is 2.94 bits per heavy atom. The van der Waals surface area contributed by atoms with Crippen LogP contribution in [0.5, 0.6) is 0 Å². The van der Waals surface area contributed by atoms with Gasteiger partial charge in [-0.25, -0.2) is 4.98 Å². The van der Waals surface area contributed by atoms with Gasteiger partial charge in [0.2, 0.25) is 0 Å². The summed E-state index contributed by atoms with van der Waals surface area (Å²) >= 11 is 1.62. The highest BCUT2D eigenvalue weighted by Gasteiger charge is 2.14. The van der Waals surface area contributed by atoms with E-state index in [0.29, 0.717) is 13.0 Å². The minimum Gasteiger partial charge on any atom is -0.480 e. The topological polar surface area (TPSA) is 62.2 Å². The van der Waals surface area contributed by atoms with E-state index in [-0.39, 0.29) is 0 Å². The van der Waals surface area contributed by atoms with Crippen molar-refractivity contribution in [2.75, 3.05) is 6.54 Å². The van der Waals surface area contributed by atoms with Crippen LogP contribution in [0.2, 0.25) is 0 Å². The smallest absolute Gasteiger partial charge is 0.320 e. The zero-order valence-corrected chi connectivity index (χ0v) is 10.5. The Morgan fingerprint density at radius 1 is 1.69 bits per heavy atom. The molecule has 1 atom stereocenters. The maximum Gasteiger partial charge on any atom is 0.320 e. The zero-order chi connectivity index (χ0) is 12.0. The quantitative estimate of drug-likeness (QED) is 0.766. The fourth-order valence-corrected chi connectivity index (χ4v) is 2.31.